The molecular weight excluding hydrogens is 241 g/mol. The van der Waals surface area contributed by atoms with Gasteiger partial charge in [0.25, 0.3) is 0 Å². The van der Waals surface area contributed by atoms with Crippen LogP contribution < -0.4 is 0 Å². The Morgan fingerprint density at radius 2 is 2.42 bits per heavy atom. The highest BCUT2D eigenvalue weighted by Crippen LogP contribution is 2.21. The Balaban J connectivity index is 2.75. The molecule has 12 heavy (non-hydrogen) atoms. The third kappa shape index (κ3) is 1.21. The highest BCUT2D eigenvalue weighted by atomic mass is 79.9. The molecule has 2 aromatic heterocycles. The molecule has 1 N–H and O–H groups in total. The fourth-order valence-electron chi connectivity index (χ4n) is 1.01. The number of fused-ring (bicyclic) bond motifs is 1. The topological polar surface area (TPSA) is 41.6 Å². The van der Waals surface area contributed by atoms with Gasteiger partial charge in [0.2, 0.25) is 0 Å². The summed E-state index contributed by atoms with van der Waals surface area (Å²) in [6.45, 7) is 0. The molecule has 0 aromatic carbocycles. The molecule has 0 aliphatic carbocycles. The molecule has 2 rings (SSSR count). The van der Waals surface area contributed by atoms with Crippen LogP contribution in [0, 0.1) is 0 Å². The number of nitrogens with zero attached hydrogens (tertiary/aromatic N) is 2. The highest BCUT2D eigenvalue weighted by molar-refractivity contribution is 9.10. The molecule has 0 aliphatic heterocycles. The molecule has 0 unspecified atom stereocenters. The SMILES string of the molecule is ClCc1cc(Br)c2[nH]ncc2n1. The minimum absolute atomic E-state index is 0.416. The van der Waals surface area contributed by atoms with Crippen molar-refractivity contribution in [3.05, 3.63) is 22.4 Å². The summed E-state index contributed by atoms with van der Waals surface area (Å²) in [5, 5.41) is 6.71. The van der Waals surface area contributed by atoms with E-state index in [0.29, 0.717) is 5.88 Å². The van der Waals surface area contributed by atoms with E-state index in [-0.39, 0.29) is 0 Å². The number of halogens is 2. The van der Waals surface area contributed by atoms with Crippen molar-refractivity contribution in [1.82, 2.24) is 15.2 Å². The molecule has 62 valence electrons. The Bertz CT molecular complexity index is 412. The predicted octanol–water partition coefficient (Wildman–Crippen LogP) is 2.46. The average Bonchev–Trinajstić information content (AvgIpc) is 2.52. The quantitative estimate of drug-likeness (QED) is 0.785. The third-order valence-electron chi connectivity index (χ3n) is 1.55. The van der Waals surface area contributed by atoms with Gasteiger partial charge in [-0.3, -0.25) is 5.10 Å². The molecule has 5 heteroatoms. The van der Waals surface area contributed by atoms with Crippen molar-refractivity contribution in [2.24, 2.45) is 0 Å². The maximum Gasteiger partial charge on any atom is 0.110 e. The van der Waals surface area contributed by atoms with Gasteiger partial charge in [-0.2, -0.15) is 5.10 Å². The monoisotopic (exact) mass is 245 g/mol. The summed E-state index contributed by atoms with van der Waals surface area (Å²) in [5.74, 6) is 0.416. The number of aromatic amines is 1. The van der Waals surface area contributed by atoms with Crippen LogP contribution in [-0.2, 0) is 5.88 Å². The number of H-pyrrole nitrogens is 1. The first-order valence-corrected chi connectivity index (χ1v) is 4.68. The molecule has 0 bridgehead atoms. The molecule has 0 saturated heterocycles. The number of rotatable bonds is 1. The van der Waals surface area contributed by atoms with Crippen molar-refractivity contribution in [3.63, 3.8) is 0 Å². The van der Waals surface area contributed by atoms with E-state index >= 15 is 0 Å². The van der Waals surface area contributed by atoms with Crippen LogP contribution in [0.15, 0.2) is 16.7 Å². The molecule has 0 saturated carbocycles. The van der Waals surface area contributed by atoms with Gasteiger partial charge in [-0.05, 0) is 22.0 Å². The van der Waals surface area contributed by atoms with Crippen molar-refractivity contribution in [1.29, 1.82) is 0 Å². The zero-order chi connectivity index (χ0) is 8.55. The summed E-state index contributed by atoms with van der Waals surface area (Å²) in [6, 6.07) is 1.88. The van der Waals surface area contributed by atoms with Gasteiger partial charge in [-0.15, -0.1) is 11.6 Å². The molecule has 3 nitrogen and oxygen atoms in total. The zero-order valence-corrected chi connectivity index (χ0v) is 8.35. The van der Waals surface area contributed by atoms with E-state index < -0.39 is 0 Å². The minimum Gasteiger partial charge on any atom is -0.275 e. The van der Waals surface area contributed by atoms with E-state index in [1.54, 1.807) is 6.20 Å². The Hall–Kier alpha value is -0.610. The van der Waals surface area contributed by atoms with Gasteiger partial charge in [0.1, 0.15) is 5.52 Å². The van der Waals surface area contributed by atoms with Gasteiger partial charge in [-0.1, -0.05) is 0 Å². The number of pyridine rings is 1. The highest BCUT2D eigenvalue weighted by Gasteiger charge is 2.03. The van der Waals surface area contributed by atoms with Crippen molar-refractivity contribution in [2.45, 2.75) is 5.88 Å². The third-order valence-corrected chi connectivity index (χ3v) is 2.45. The molecule has 0 fully saturated rings. The lowest BCUT2D eigenvalue weighted by molar-refractivity contribution is 1.12. The summed E-state index contributed by atoms with van der Waals surface area (Å²) in [6.07, 6.45) is 1.68. The summed E-state index contributed by atoms with van der Waals surface area (Å²) in [7, 11) is 0. The number of alkyl halides is 1. The fourth-order valence-corrected chi connectivity index (χ4v) is 1.71. The summed E-state index contributed by atoms with van der Waals surface area (Å²) < 4.78 is 0.945. The van der Waals surface area contributed by atoms with E-state index in [1.807, 2.05) is 6.07 Å². The standard InChI is InChI=1S/C7H5BrClN3/c8-5-1-4(2-9)11-6-3-10-12-7(5)6/h1,3H,2H2,(H,10,12). The molecular formula is C7H5BrClN3. The van der Waals surface area contributed by atoms with Crippen LogP contribution >= 0.6 is 27.5 Å². The number of hydrogen-bond acceptors (Lipinski definition) is 2. The van der Waals surface area contributed by atoms with Gasteiger partial charge >= 0.3 is 0 Å². The van der Waals surface area contributed by atoms with E-state index in [4.69, 9.17) is 11.6 Å². The van der Waals surface area contributed by atoms with E-state index in [1.165, 1.54) is 0 Å². The molecule has 0 spiro atoms. The largest absolute Gasteiger partial charge is 0.275 e. The second-order valence-electron chi connectivity index (χ2n) is 2.36. The first kappa shape index (κ1) is 8.01. The first-order chi connectivity index (χ1) is 5.81. The summed E-state index contributed by atoms with van der Waals surface area (Å²) >= 11 is 9.05. The lowest BCUT2D eigenvalue weighted by Gasteiger charge is -1.96. The average molecular weight is 246 g/mol. The van der Waals surface area contributed by atoms with Crippen molar-refractivity contribution < 1.29 is 0 Å². The van der Waals surface area contributed by atoms with Gasteiger partial charge in [0, 0.05) is 4.47 Å². The second-order valence-corrected chi connectivity index (χ2v) is 3.48. The van der Waals surface area contributed by atoms with Crippen molar-refractivity contribution in [2.75, 3.05) is 0 Å². The fraction of sp³-hybridized carbons (Fsp3) is 0.143. The zero-order valence-electron chi connectivity index (χ0n) is 6.01. The van der Waals surface area contributed by atoms with Gasteiger partial charge in [-0.25, -0.2) is 4.98 Å². The molecule has 0 radical (unpaired) electrons. The number of nitrogens with one attached hydrogen (secondary N) is 1. The van der Waals surface area contributed by atoms with E-state index in [2.05, 4.69) is 31.1 Å². The lowest BCUT2D eigenvalue weighted by Crippen LogP contribution is -1.85. The Morgan fingerprint density at radius 1 is 1.58 bits per heavy atom. The maximum absolute atomic E-state index is 5.65. The van der Waals surface area contributed by atoms with Crippen LogP contribution in [-0.4, -0.2) is 15.2 Å². The van der Waals surface area contributed by atoms with E-state index in [9.17, 15) is 0 Å². The molecule has 2 heterocycles. The molecule has 0 amide bonds. The van der Waals surface area contributed by atoms with Crippen LogP contribution in [0.3, 0.4) is 0 Å². The smallest absolute Gasteiger partial charge is 0.110 e. The van der Waals surface area contributed by atoms with Crippen molar-refractivity contribution in [3.8, 4) is 0 Å². The number of aromatic nitrogens is 3. The first-order valence-electron chi connectivity index (χ1n) is 3.35. The van der Waals surface area contributed by atoms with Gasteiger partial charge < -0.3 is 0 Å². The minimum atomic E-state index is 0.416. The van der Waals surface area contributed by atoms with Crippen LogP contribution in [0.4, 0.5) is 0 Å². The van der Waals surface area contributed by atoms with Crippen LogP contribution in [0.2, 0.25) is 0 Å². The Labute approximate surface area is 82.3 Å². The van der Waals surface area contributed by atoms with Gasteiger partial charge in [0.05, 0.1) is 23.3 Å². The summed E-state index contributed by atoms with van der Waals surface area (Å²) in [5.41, 5.74) is 2.58. The van der Waals surface area contributed by atoms with E-state index in [0.717, 1.165) is 21.2 Å². The normalized spacial score (nSPS) is 10.8. The summed E-state index contributed by atoms with van der Waals surface area (Å²) in [4.78, 5) is 4.26. The number of hydrogen-bond donors (Lipinski definition) is 1. The molecule has 0 atom stereocenters. The van der Waals surface area contributed by atoms with Crippen LogP contribution in [0.25, 0.3) is 11.0 Å². The maximum atomic E-state index is 5.65. The Kier molecular flexibility index (Phi) is 2.02. The molecule has 2 aromatic rings. The van der Waals surface area contributed by atoms with Crippen LogP contribution in [0.5, 0.6) is 0 Å². The van der Waals surface area contributed by atoms with Crippen LogP contribution in [0.1, 0.15) is 5.69 Å². The second kappa shape index (κ2) is 3.03. The van der Waals surface area contributed by atoms with Gasteiger partial charge in [0.15, 0.2) is 0 Å². The molecule has 0 aliphatic rings. The predicted molar refractivity (Wildman–Crippen MR) is 51.1 cm³/mol. The van der Waals surface area contributed by atoms with Crippen molar-refractivity contribution >= 4 is 38.6 Å². The lowest BCUT2D eigenvalue weighted by atomic mass is 10.3. The Morgan fingerprint density at radius 3 is 3.17 bits per heavy atom.